The van der Waals surface area contributed by atoms with E-state index in [1.54, 1.807) is 23.4 Å². The number of carbonyl (C=O) groups excluding carboxylic acids is 1. The molecule has 0 aliphatic carbocycles. The van der Waals surface area contributed by atoms with Gasteiger partial charge in [0, 0.05) is 19.5 Å². The summed E-state index contributed by atoms with van der Waals surface area (Å²) in [5, 5.41) is 6.53. The van der Waals surface area contributed by atoms with Crippen LogP contribution in [0.2, 0.25) is 0 Å². The number of methoxy groups -OCH3 is 1. The molecule has 0 saturated heterocycles. The van der Waals surface area contributed by atoms with Crippen molar-refractivity contribution < 1.29 is 13.9 Å². The van der Waals surface area contributed by atoms with Crippen molar-refractivity contribution in [1.82, 2.24) is 9.99 Å². The highest BCUT2D eigenvalue weighted by atomic mass is 16.5. The minimum absolute atomic E-state index is 0.373. The summed E-state index contributed by atoms with van der Waals surface area (Å²) in [7, 11) is 4.97. The number of hydrogen-bond donors (Lipinski definition) is 1. The molecule has 6 nitrogen and oxygen atoms in total. The lowest BCUT2D eigenvalue weighted by Gasteiger charge is -2.00. The molecule has 2 heterocycles. The topological polar surface area (TPSA) is 70.8 Å². The Morgan fingerprint density at radius 2 is 2.29 bits per heavy atom. The number of rotatable bonds is 3. The van der Waals surface area contributed by atoms with Gasteiger partial charge in [0.15, 0.2) is 0 Å². The molecule has 0 aliphatic rings. The Kier molecular flexibility index (Phi) is 2.86. The third kappa shape index (κ3) is 2.30. The average molecular weight is 235 g/mol. The van der Waals surface area contributed by atoms with Crippen molar-refractivity contribution in [3.05, 3.63) is 23.6 Å². The molecule has 17 heavy (non-hydrogen) atoms. The van der Waals surface area contributed by atoms with E-state index in [0.717, 1.165) is 5.39 Å². The molecule has 0 saturated carbocycles. The first-order chi connectivity index (χ1) is 8.10. The van der Waals surface area contributed by atoms with Gasteiger partial charge in [-0.2, -0.15) is 5.10 Å². The van der Waals surface area contributed by atoms with Crippen LogP contribution in [0.25, 0.3) is 11.1 Å². The quantitative estimate of drug-likeness (QED) is 0.496. The third-order valence-corrected chi connectivity index (χ3v) is 2.15. The van der Waals surface area contributed by atoms with Gasteiger partial charge in [-0.05, 0) is 12.1 Å². The highest BCUT2D eigenvalue weighted by Gasteiger charge is 2.12. The SMILES string of the molecule is COC(=O)c1cc2cc(C=NN(C)C)oc2[nH]1. The first kappa shape index (κ1) is 11.3. The Hall–Kier alpha value is -2.24. The van der Waals surface area contributed by atoms with Gasteiger partial charge in [0.05, 0.1) is 13.3 Å². The van der Waals surface area contributed by atoms with Crippen molar-refractivity contribution >= 4 is 23.3 Å². The van der Waals surface area contributed by atoms with E-state index in [2.05, 4.69) is 14.8 Å². The van der Waals surface area contributed by atoms with Gasteiger partial charge in [-0.15, -0.1) is 0 Å². The standard InChI is InChI=1S/C11H13N3O3/c1-14(2)12-6-8-4-7-5-9(11(15)16-3)13-10(7)17-8/h4-6,13H,1-3H3. The molecule has 90 valence electrons. The third-order valence-electron chi connectivity index (χ3n) is 2.15. The summed E-state index contributed by atoms with van der Waals surface area (Å²) in [6, 6.07) is 3.48. The van der Waals surface area contributed by atoms with Crippen molar-refractivity contribution in [3.63, 3.8) is 0 Å². The van der Waals surface area contributed by atoms with Gasteiger partial charge in [-0.25, -0.2) is 4.79 Å². The maximum absolute atomic E-state index is 11.3. The predicted molar refractivity (Wildman–Crippen MR) is 63.2 cm³/mol. The van der Waals surface area contributed by atoms with E-state index >= 15 is 0 Å². The fraction of sp³-hybridized carbons (Fsp3) is 0.273. The molecule has 0 atom stereocenters. The first-order valence-electron chi connectivity index (χ1n) is 5.02. The lowest BCUT2D eigenvalue weighted by atomic mass is 10.3. The molecule has 0 radical (unpaired) electrons. The number of carbonyl (C=O) groups is 1. The van der Waals surface area contributed by atoms with E-state index in [1.807, 2.05) is 14.1 Å². The lowest BCUT2D eigenvalue weighted by molar-refractivity contribution is 0.0595. The van der Waals surface area contributed by atoms with Gasteiger partial charge in [0.1, 0.15) is 11.5 Å². The summed E-state index contributed by atoms with van der Waals surface area (Å²) in [6.07, 6.45) is 1.60. The smallest absolute Gasteiger partial charge is 0.354 e. The van der Waals surface area contributed by atoms with E-state index in [9.17, 15) is 4.79 Å². The van der Waals surface area contributed by atoms with Crippen LogP contribution < -0.4 is 0 Å². The second kappa shape index (κ2) is 4.32. The average Bonchev–Trinajstić information content (AvgIpc) is 2.82. The minimum atomic E-state index is -0.417. The summed E-state index contributed by atoms with van der Waals surface area (Å²) >= 11 is 0. The number of H-pyrrole nitrogens is 1. The molecule has 0 amide bonds. The molecule has 2 aromatic heterocycles. The largest absolute Gasteiger partial charge is 0.464 e. The summed E-state index contributed by atoms with van der Waals surface area (Å²) in [6.45, 7) is 0. The molecule has 2 aromatic rings. The van der Waals surface area contributed by atoms with Crippen molar-refractivity contribution in [3.8, 4) is 0 Å². The van der Waals surface area contributed by atoms with Gasteiger partial charge in [0.25, 0.3) is 0 Å². The first-order valence-corrected chi connectivity index (χ1v) is 5.02. The highest BCUT2D eigenvalue weighted by Crippen LogP contribution is 2.19. The van der Waals surface area contributed by atoms with Crippen LogP contribution in [-0.2, 0) is 4.74 Å². The second-order valence-electron chi connectivity index (χ2n) is 3.70. The summed E-state index contributed by atoms with van der Waals surface area (Å²) in [5.74, 6) is 0.205. The monoisotopic (exact) mass is 235 g/mol. The van der Waals surface area contributed by atoms with E-state index in [-0.39, 0.29) is 0 Å². The highest BCUT2D eigenvalue weighted by molar-refractivity contribution is 5.95. The molecule has 0 aromatic carbocycles. The minimum Gasteiger partial charge on any atom is -0.464 e. The molecule has 0 unspecified atom stereocenters. The zero-order valence-electron chi connectivity index (χ0n) is 9.85. The Labute approximate surface area is 97.8 Å². The number of nitrogens with one attached hydrogen (secondary N) is 1. The number of nitrogens with zero attached hydrogens (tertiary/aromatic N) is 2. The molecule has 1 N–H and O–H groups in total. The van der Waals surface area contributed by atoms with Gasteiger partial charge >= 0.3 is 5.97 Å². The lowest BCUT2D eigenvalue weighted by Crippen LogP contribution is -2.01. The fourth-order valence-electron chi connectivity index (χ4n) is 1.40. The number of furan rings is 1. The number of aromatic nitrogens is 1. The molecule has 0 aliphatic heterocycles. The van der Waals surface area contributed by atoms with Gasteiger partial charge in [-0.1, -0.05) is 0 Å². The number of fused-ring (bicyclic) bond motifs is 1. The second-order valence-corrected chi connectivity index (χ2v) is 3.70. The molecule has 2 rings (SSSR count). The Bertz CT molecular complexity index is 534. The fourth-order valence-corrected chi connectivity index (χ4v) is 1.40. The van der Waals surface area contributed by atoms with Crippen molar-refractivity contribution in [1.29, 1.82) is 0 Å². The number of esters is 1. The molecule has 6 heteroatoms. The summed E-state index contributed by atoms with van der Waals surface area (Å²) in [5.41, 5.74) is 0.906. The van der Waals surface area contributed by atoms with Crippen molar-refractivity contribution in [2.75, 3.05) is 21.2 Å². The Morgan fingerprint density at radius 1 is 1.53 bits per heavy atom. The van der Waals surface area contributed by atoms with Gasteiger partial charge in [-0.3, -0.25) is 0 Å². The van der Waals surface area contributed by atoms with Crippen LogP contribution in [0.1, 0.15) is 16.2 Å². The van der Waals surface area contributed by atoms with Gasteiger partial charge in [0.2, 0.25) is 5.71 Å². The number of ether oxygens (including phenoxy) is 1. The maximum atomic E-state index is 11.3. The molecule has 0 fully saturated rings. The van der Waals surface area contributed by atoms with Crippen LogP contribution in [0.15, 0.2) is 21.7 Å². The van der Waals surface area contributed by atoms with E-state index in [0.29, 0.717) is 17.2 Å². The van der Waals surface area contributed by atoms with Crippen LogP contribution in [0.4, 0.5) is 0 Å². The predicted octanol–water partition coefficient (Wildman–Crippen LogP) is 1.44. The van der Waals surface area contributed by atoms with Crippen LogP contribution in [-0.4, -0.2) is 43.4 Å². The Morgan fingerprint density at radius 3 is 2.88 bits per heavy atom. The van der Waals surface area contributed by atoms with E-state index in [4.69, 9.17) is 4.42 Å². The van der Waals surface area contributed by atoms with Crippen molar-refractivity contribution in [2.45, 2.75) is 0 Å². The normalized spacial score (nSPS) is 11.2. The summed E-state index contributed by atoms with van der Waals surface area (Å²) < 4.78 is 10.1. The van der Waals surface area contributed by atoms with Gasteiger partial charge < -0.3 is 19.1 Å². The molecular weight excluding hydrogens is 222 g/mol. The summed E-state index contributed by atoms with van der Waals surface area (Å²) in [4.78, 5) is 14.1. The number of hydrogen-bond acceptors (Lipinski definition) is 5. The van der Waals surface area contributed by atoms with E-state index in [1.165, 1.54) is 7.11 Å². The zero-order chi connectivity index (χ0) is 12.4. The number of hydrazone groups is 1. The van der Waals surface area contributed by atoms with Crippen LogP contribution >= 0.6 is 0 Å². The molecule has 0 spiro atoms. The van der Waals surface area contributed by atoms with Crippen LogP contribution in [0, 0.1) is 0 Å². The number of aromatic amines is 1. The maximum Gasteiger partial charge on any atom is 0.354 e. The van der Waals surface area contributed by atoms with Crippen molar-refractivity contribution in [2.24, 2.45) is 5.10 Å². The van der Waals surface area contributed by atoms with Crippen LogP contribution in [0.5, 0.6) is 0 Å². The molecular formula is C11H13N3O3. The Balaban J connectivity index is 2.28. The zero-order valence-corrected chi connectivity index (χ0v) is 9.85. The molecule has 0 bridgehead atoms. The van der Waals surface area contributed by atoms with E-state index < -0.39 is 5.97 Å². The van der Waals surface area contributed by atoms with Crippen LogP contribution in [0.3, 0.4) is 0 Å².